The summed E-state index contributed by atoms with van der Waals surface area (Å²) in [5.74, 6) is 0. The molecule has 2 atom stereocenters. The molecule has 0 aromatic carbocycles. The fraction of sp³-hybridized carbons (Fsp3) is 0.786. The lowest BCUT2D eigenvalue weighted by Gasteiger charge is -2.34. The van der Waals surface area contributed by atoms with E-state index in [0.29, 0.717) is 6.42 Å². The van der Waals surface area contributed by atoms with Gasteiger partial charge in [-0.2, -0.15) is 0 Å². The van der Waals surface area contributed by atoms with E-state index in [2.05, 4.69) is 6.58 Å². The fourth-order valence-electron chi connectivity index (χ4n) is 2.31. The van der Waals surface area contributed by atoms with Gasteiger partial charge in [-0.15, -0.1) is 6.58 Å². The van der Waals surface area contributed by atoms with Gasteiger partial charge < -0.3 is 14.6 Å². The molecule has 1 fully saturated rings. The third-order valence-corrected chi connectivity index (χ3v) is 2.96. The Labute approximate surface area is 115 Å². The summed E-state index contributed by atoms with van der Waals surface area (Å²) < 4.78 is 11.2. The van der Waals surface area contributed by atoms with Crippen molar-refractivity contribution in [2.75, 3.05) is 6.61 Å². The molecule has 110 valence electrons. The molecule has 19 heavy (non-hydrogen) atoms. The van der Waals surface area contributed by atoms with E-state index in [0.717, 1.165) is 0 Å². The van der Waals surface area contributed by atoms with Crippen LogP contribution in [-0.4, -0.2) is 46.2 Å². The van der Waals surface area contributed by atoms with Gasteiger partial charge in [0.15, 0.2) is 0 Å². The van der Waals surface area contributed by atoms with Crippen LogP contribution in [0.15, 0.2) is 12.7 Å². The molecule has 1 aliphatic rings. The highest BCUT2D eigenvalue weighted by Gasteiger charge is 2.50. The molecule has 1 aliphatic heterocycles. The summed E-state index contributed by atoms with van der Waals surface area (Å²) in [7, 11) is 0. The van der Waals surface area contributed by atoms with Crippen molar-refractivity contribution >= 4 is 6.09 Å². The Morgan fingerprint density at radius 3 is 2.53 bits per heavy atom. The molecule has 1 N–H and O–H groups in total. The monoisotopic (exact) mass is 271 g/mol. The van der Waals surface area contributed by atoms with E-state index >= 15 is 0 Å². The van der Waals surface area contributed by atoms with Gasteiger partial charge in [-0.1, -0.05) is 6.08 Å². The summed E-state index contributed by atoms with van der Waals surface area (Å²) in [6.07, 6.45) is 1.57. The first kappa shape index (κ1) is 16.0. The fourth-order valence-corrected chi connectivity index (χ4v) is 2.31. The second kappa shape index (κ2) is 5.51. The van der Waals surface area contributed by atoms with Crippen LogP contribution in [0.5, 0.6) is 0 Å². The number of aliphatic hydroxyl groups excluding tert-OH is 1. The Bertz CT molecular complexity index is 346. The minimum absolute atomic E-state index is 0.165. The molecule has 1 saturated heterocycles. The Hall–Kier alpha value is -1.07. The van der Waals surface area contributed by atoms with Crippen molar-refractivity contribution in [2.24, 2.45) is 0 Å². The Morgan fingerprint density at radius 2 is 2.11 bits per heavy atom. The number of ether oxygens (including phenoxy) is 2. The van der Waals surface area contributed by atoms with Gasteiger partial charge in [-0.05, 0) is 41.0 Å². The van der Waals surface area contributed by atoms with Gasteiger partial charge >= 0.3 is 6.09 Å². The van der Waals surface area contributed by atoms with E-state index in [1.165, 1.54) is 4.90 Å². The van der Waals surface area contributed by atoms with E-state index in [4.69, 9.17) is 9.47 Å². The van der Waals surface area contributed by atoms with Crippen molar-refractivity contribution in [3.05, 3.63) is 12.7 Å². The maximum Gasteiger partial charge on any atom is 0.412 e. The van der Waals surface area contributed by atoms with Crippen molar-refractivity contribution in [3.63, 3.8) is 0 Å². The quantitative estimate of drug-likeness (QED) is 0.800. The maximum absolute atomic E-state index is 12.3. The zero-order valence-electron chi connectivity index (χ0n) is 12.5. The Balaban J connectivity index is 2.95. The van der Waals surface area contributed by atoms with Crippen LogP contribution >= 0.6 is 0 Å². The molecule has 5 heteroatoms. The first-order valence-corrected chi connectivity index (χ1v) is 6.54. The molecule has 0 aromatic rings. The van der Waals surface area contributed by atoms with E-state index in [-0.39, 0.29) is 12.7 Å². The van der Waals surface area contributed by atoms with Gasteiger partial charge in [0.1, 0.15) is 11.3 Å². The van der Waals surface area contributed by atoms with Crippen LogP contribution in [-0.2, 0) is 9.47 Å². The van der Waals surface area contributed by atoms with Crippen molar-refractivity contribution in [1.29, 1.82) is 0 Å². The molecule has 0 unspecified atom stereocenters. The molecule has 0 aromatic heterocycles. The zero-order chi connectivity index (χ0) is 14.8. The summed E-state index contributed by atoms with van der Waals surface area (Å²) in [6.45, 7) is 12.5. The number of rotatable bonds is 3. The average Bonchev–Trinajstić information content (AvgIpc) is 2.46. The van der Waals surface area contributed by atoms with Crippen LogP contribution in [0, 0.1) is 0 Å². The zero-order valence-corrected chi connectivity index (χ0v) is 12.5. The third-order valence-electron chi connectivity index (χ3n) is 2.96. The maximum atomic E-state index is 12.3. The number of nitrogens with zero attached hydrogens (tertiary/aromatic N) is 1. The van der Waals surface area contributed by atoms with Crippen LogP contribution in [0.1, 0.15) is 41.0 Å². The predicted octanol–water partition coefficient (Wildman–Crippen LogP) is 2.30. The number of carbonyl (C=O) groups is 1. The van der Waals surface area contributed by atoms with Crippen LogP contribution in [0.3, 0.4) is 0 Å². The third kappa shape index (κ3) is 3.70. The summed E-state index contributed by atoms with van der Waals surface area (Å²) >= 11 is 0. The summed E-state index contributed by atoms with van der Waals surface area (Å²) in [6, 6.07) is -0.414. The molecule has 0 saturated carbocycles. The lowest BCUT2D eigenvalue weighted by Crippen LogP contribution is -2.51. The number of hydrogen-bond donors (Lipinski definition) is 1. The lowest BCUT2D eigenvalue weighted by molar-refractivity contribution is -0.0784. The van der Waals surface area contributed by atoms with E-state index in [1.54, 1.807) is 19.9 Å². The van der Waals surface area contributed by atoms with E-state index in [1.807, 2.05) is 20.8 Å². The van der Waals surface area contributed by atoms with Crippen molar-refractivity contribution in [3.8, 4) is 0 Å². The smallest absolute Gasteiger partial charge is 0.412 e. The summed E-state index contributed by atoms with van der Waals surface area (Å²) in [4.78, 5) is 13.8. The molecule has 5 nitrogen and oxygen atoms in total. The van der Waals surface area contributed by atoms with Crippen LogP contribution in [0.2, 0.25) is 0 Å². The summed E-state index contributed by atoms with van der Waals surface area (Å²) in [5.41, 5.74) is -1.38. The molecule has 0 bridgehead atoms. The lowest BCUT2D eigenvalue weighted by atomic mass is 10.1. The first-order valence-electron chi connectivity index (χ1n) is 6.54. The topological polar surface area (TPSA) is 59.0 Å². The summed E-state index contributed by atoms with van der Waals surface area (Å²) in [5, 5.41) is 9.55. The molecular formula is C14H25NO4. The van der Waals surface area contributed by atoms with Gasteiger partial charge in [0, 0.05) is 0 Å². The van der Waals surface area contributed by atoms with Gasteiger partial charge in [0.25, 0.3) is 0 Å². The first-order chi connectivity index (χ1) is 8.62. The number of amides is 1. The van der Waals surface area contributed by atoms with E-state index in [9.17, 15) is 9.90 Å². The normalized spacial score (nSPS) is 26.3. The highest BCUT2D eigenvalue weighted by atomic mass is 16.6. The Morgan fingerprint density at radius 1 is 1.53 bits per heavy atom. The van der Waals surface area contributed by atoms with Crippen molar-refractivity contribution < 1.29 is 19.4 Å². The van der Waals surface area contributed by atoms with Crippen LogP contribution in [0.4, 0.5) is 4.79 Å². The molecule has 1 amide bonds. The SMILES string of the molecule is C=CC[C@@H]1OC(C)(C)N(C(=O)OC(C)(C)C)[C@@H]1CO. The molecule has 1 heterocycles. The highest BCUT2D eigenvalue weighted by Crippen LogP contribution is 2.34. The van der Waals surface area contributed by atoms with Crippen LogP contribution < -0.4 is 0 Å². The molecule has 0 aliphatic carbocycles. The second-order valence-corrected chi connectivity index (χ2v) is 6.23. The minimum atomic E-state index is -0.802. The number of aliphatic hydroxyl groups is 1. The van der Waals surface area contributed by atoms with Crippen molar-refractivity contribution in [1.82, 2.24) is 4.90 Å². The number of carbonyl (C=O) groups excluding carboxylic acids is 1. The van der Waals surface area contributed by atoms with Gasteiger partial charge in [0.2, 0.25) is 0 Å². The molecular weight excluding hydrogens is 246 g/mol. The molecule has 1 rings (SSSR count). The van der Waals surface area contributed by atoms with Gasteiger partial charge in [-0.3, -0.25) is 4.90 Å². The Kier molecular flexibility index (Phi) is 4.63. The second-order valence-electron chi connectivity index (χ2n) is 6.23. The minimum Gasteiger partial charge on any atom is -0.444 e. The van der Waals surface area contributed by atoms with Gasteiger partial charge in [0.05, 0.1) is 18.8 Å². The van der Waals surface area contributed by atoms with Crippen molar-refractivity contribution in [2.45, 2.75) is 64.5 Å². The highest BCUT2D eigenvalue weighted by molar-refractivity contribution is 5.70. The molecule has 0 radical (unpaired) electrons. The average molecular weight is 271 g/mol. The van der Waals surface area contributed by atoms with Crippen LogP contribution in [0.25, 0.3) is 0 Å². The number of hydrogen-bond acceptors (Lipinski definition) is 4. The van der Waals surface area contributed by atoms with E-state index < -0.39 is 23.5 Å². The molecule has 0 spiro atoms. The standard InChI is InChI=1S/C14H25NO4/c1-7-8-11-10(9-16)15(14(5,6)18-11)12(17)19-13(2,3)4/h7,10-11,16H,1,8-9H2,2-6H3/t10-,11+/m1/s1. The largest absolute Gasteiger partial charge is 0.444 e. The predicted molar refractivity (Wildman–Crippen MR) is 72.7 cm³/mol. The van der Waals surface area contributed by atoms with Gasteiger partial charge in [-0.25, -0.2) is 4.79 Å².